The Morgan fingerprint density at radius 2 is 2.19 bits per heavy atom. The zero-order valence-corrected chi connectivity index (χ0v) is 10.6. The van der Waals surface area contributed by atoms with E-state index in [-0.39, 0.29) is 12.6 Å². The van der Waals surface area contributed by atoms with Crippen molar-refractivity contribution < 1.29 is 19.4 Å². The number of aliphatic hydroxyl groups excluding tert-OH is 1. The lowest BCUT2D eigenvalue weighted by atomic mass is 9.75. The van der Waals surface area contributed by atoms with Crippen molar-refractivity contribution in [3.05, 3.63) is 0 Å². The van der Waals surface area contributed by atoms with Gasteiger partial charge in [0.25, 0.3) is 0 Å². The van der Waals surface area contributed by atoms with Gasteiger partial charge in [-0.25, -0.2) is 0 Å². The lowest BCUT2D eigenvalue weighted by molar-refractivity contribution is -0.188. The van der Waals surface area contributed by atoms with E-state index in [2.05, 4.69) is 0 Å². The molecule has 94 valence electrons. The van der Waals surface area contributed by atoms with Gasteiger partial charge in [0.05, 0.1) is 18.1 Å². The minimum atomic E-state index is -0.786. The molecule has 0 spiro atoms. The second-order valence-corrected chi connectivity index (χ2v) is 5.35. The van der Waals surface area contributed by atoms with Crippen LogP contribution in [0.1, 0.15) is 40.5 Å². The second-order valence-electron chi connectivity index (χ2n) is 5.35. The van der Waals surface area contributed by atoms with Crippen molar-refractivity contribution in [1.82, 2.24) is 0 Å². The van der Waals surface area contributed by atoms with Crippen molar-refractivity contribution in [2.45, 2.75) is 52.2 Å². The second kappa shape index (κ2) is 4.72. The van der Waals surface area contributed by atoms with Crippen LogP contribution in [0.25, 0.3) is 0 Å². The molecule has 1 aliphatic heterocycles. The number of hydrogen-bond acceptors (Lipinski definition) is 4. The van der Waals surface area contributed by atoms with Crippen molar-refractivity contribution in [2.75, 3.05) is 13.2 Å². The molecule has 0 aromatic carbocycles. The van der Waals surface area contributed by atoms with Gasteiger partial charge < -0.3 is 14.6 Å². The third-order valence-corrected chi connectivity index (χ3v) is 3.04. The van der Waals surface area contributed by atoms with E-state index in [1.54, 1.807) is 0 Å². The molecule has 0 aromatic rings. The summed E-state index contributed by atoms with van der Waals surface area (Å²) in [5.74, 6) is -0.307. The summed E-state index contributed by atoms with van der Waals surface area (Å²) < 4.78 is 10.5. The van der Waals surface area contributed by atoms with Crippen LogP contribution in [0, 0.1) is 5.41 Å². The monoisotopic (exact) mass is 230 g/mol. The predicted molar refractivity (Wildman–Crippen MR) is 60.0 cm³/mol. The fraction of sp³-hybridized carbons (Fsp3) is 0.917. The van der Waals surface area contributed by atoms with Crippen LogP contribution in [0.4, 0.5) is 0 Å². The van der Waals surface area contributed by atoms with E-state index in [0.717, 1.165) is 0 Å². The summed E-state index contributed by atoms with van der Waals surface area (Å²) in [5, 5.41) is 9.96. The normalized spacial score (nSPS) is 31.2. The van der Waals surface area contributed by atoms with Crippen molar-refractivity contribution in [1.29, 1.82) is 0 Å². The molecule has 4 heteroatoms. The molecule has 0 saturated carbocycles. The fourth-order valence-corrected chi connectivity index (χ4v) is 1.95. The Labute approximate surface area is 96.9 Å². The predicted octanol–water partition coefficient (Wildman–Crippen LogP) is 1.51. The van der Waals surface area contributed by atoms with Crippen molar-refractivity contribution >= 4 is 5.97 Å². The molecule has 0 bridgehead atoms. The summed E-state index contributed by atoms with van der Waals surface area (Å²) in [7, 11) is 0. The first-order valence-corrected chi connectivity index (χ1v) is 5.81. The average Bonchev–Trinajstić information content (AvgIpc) is 2.16. The summed E-state index contributed by atoms with van der Waals surface area (Å²) in [5.41, 5.74) is -1.30. The molecule has 16 heavy (non-hydrogen) atoms. The van der Waals surface area contributed by atoms with Crippen LogP contribution in [-0.4, -0.2) is 36.0 Å². The lowest BCUT2D eigenvalue weighted by Crippen LogP contribution is -2.51. The first-order chi connectivity index (χ1) is 7.32. The third kappa shape index (κ3) is 2.74. The zero-order valence-electron chi connectivity index (χ0n) is 10.6. The summed E-state index contributed by atoms with van der Waals surface area (Å²) in [6.07, 6.45) is 0.340. The van der Waals surface area contributed by atoms with Crippen LogP contribution in [0.3, 0.4) is 0 Å². The van der Waals surface area contributed by atoms with Crippen LogP contribution in [0.5, 0.6) is 0 Å². The van der Waals surface area contributed by atoms with Crippen LogP contribution in [-0.2, 0) is 14.3 Å². The zero-order chi connectivity index (χ0) is 12.4. The quantitative estimate of drug-likeness (QED) is 0.730. The van der Waals surface area contributed by atoms with Gasteiger partial charge in [0.1, 0.15) is 5.60 Å². The summed E-state index contributed by atoms with van der Waals surface area (Å²) >= 11 is 0. The van der Waals surface area contributed by atoms with E-state index in [1.165, 1.54) is 0 Å². The number of rotatable bonds is 2. The van der Waals surface area contributed by atoms with Crippen LogP contribution in [0.2, 0.25) is 0 Å². The van der Waals surface area contributed by atoms with E-state index in [1.807, 2.05) is 27.7 Å². The molecular formula is C12H22O4. The Kier molecular flexibility index (Phi) is 3.97. The number of carbonyl (C=O) groups excluding carboxylic acids is 1. The van der Waals surface area contributed by atoms with E-state index in [0.29, 0.717) is 19.4 Å². The Bertz CT molecular complexity index is 256. The van der Waals surface area contributed by atoms with E-state index < -0.39 is 17.1 Å². The fourth-order valence-electron chi connectivity index (χ4n) is 1.95. The molecule has 0 amide bonds. The number of ether oxygens (including phenoxy) is 2. The first kappa shape index (κ1) is 13.5. The highest BCUT2D eigenvalue weighted by Gasteiger charge is 2.48. The molecule has 1 aliphatic rings. The standard InChI is InChI=1S/C12H22O4/c1-5-12(6-7-15-8-9(12)13)10(14)16-11(2,3)4/h9,13H,5-8H2,1-4H3. The van der Waals surface area contributed by atoms with Crippen molar-refractivity contribution in [3.8, 4) is 0 Å². The van der Waals surface area contributed by atoms with Gasteiger partial charge in [-0.15, -0.1) is 0 Å². The Balaban J connectivity index is 2.82. The lowest BCUT2D eigenvalue weighted by Gasteiger charge is -2.39. The first-order valence-electron chi connectivity index (χ1n) is 5.81. The molecule has 0 aromatic heterocycles. The molecule has 4 nitrogen and oxygen atoms in total. The largest absolute Gasteiger partial charge is 0.459 e. The summed E-state index contributed by atoms with van der Waals surface area (Å²) in [6, 6.07) is 0. The van der Waals surface area contributed by atoms with E-state index >= 15 is 0 Å². The van der Waals surface area contributed by atoms with Crippen molar-refractivity contribution in [3.63, 3.8) is 0 Å². The molecule has 0 radical (unpaired) electrons. The molecule has 2 unspecified atom stereocenters. The number of esters is 1. The number of hydrogen-bond donors (Lipinski definition) is 1. The minimum Gasteiger partial charge on any atom is -0.459 e. The minimum absolute atomic E-state index is 0.215. The van der Waals surface area contributed by atoms with Gasteiger partial charge in [0.15, 0.2) is 0 Å². The van der Waals surface area contributed by atoms with Gasteiger partial charge in [0.2, 0.25) is 0 Å². The summed E-state index contributed by atoms with van der Waals surface area (Å²) in [4.78, 5) is 12.1. The smallest absolute Gasteiger partial charge is 0.315 e. The van der Waals surface area contributed by atoms with Gasteiger partial charge in [-0.3, -0.25) is 4.79 Å². The van der Waals surface area contributed by atoms with Gasteiger partial charge in [-0.2, -0.15) is 0 Å². The molecule has 1 saturated heterocycles. The molecule has 1 heterocycles. The highest BCUT2D eigenvalue weighted by atomic mass is 16.6. The SMILES string of the molecule is CCC1(C(=O)OC(C)(C)C)CCOCC1O. The van der Waals surface area contributed by atoms with Crippen molar-refractivity contribution in [2.24, 2.45) is 5.41 Å². The average molecular weight is 230 g/mol. The molecule has 0 aliphatic carbocycles. The highest BCUT2D eigenvalue weighted by Crippen LogP contribution is 2.36. The Morgan fingerprint density at radius 1 is 1.56 bits per heavy atom. The molecule has 1 fully saturated rings. The number of aliphatic hydroxyl groups is 1. The Morgan fingerprint density at radius 3 is 2.62 bits per heavy atom. The molecule has 2 atom stereocenters. The maximum Gasteiger partial charge on any atom is 0.315 e. The third-order valence-electron chi connectivity index (χ3n) is 3.04. The van der Waals surface area contributed by atoms with Crippen LogP contribution in [0.15, 0.2) is 0 Å². The van der Waals surface area contributed by atoms with Gasteiger partial charge in [0, 0.05) is 6.61 Å². The van der Waals surface area contributed by atoms with E-state index in [9.17, 15) is 9.90 Å². The summed E-state index contributed by atoms with van der Waals surface area (Å²) in [6.45, 7) is 8.12. The van der Waals surface area contributed by atoms with Gasteiger partial charge >= 0.3 is 5.97 Å². The number of carbonyl (C=O) groups is 1. The maximum atomic E-state index is 12.1. The maximum absolute atomic E-state index is 12.1. The van der Waals surface area contributed by atoms with Crippen LogP contribution < -0.4 is 0 Å². The molecule has 1 N–H and O–H groups in total. The van der Waals surface area contributed by atoms with E-state index in [4.69, 9.17) is 9.47 Å². The molecular weight excluding hydrogens is 208 g/mol. The van der Waals surface area contributed by atoms with Crippen LogP contribution >= 0.6 is 0 Å². The van der Waals surface area contributed by atoms with Gasteiger partial charge in [-0.05, 0) is 33.6 Å². The van der Waals surface area contributed by atoms with Gasteiger partial charge in [-0.1, -0.05) is 6.92 Å². The topological polar surface area (TPSA) is 55.8 Å². The molecule has 1 rings (SSSR count). The highest BCUT2D eigenvalue weighted by molar-refractivity contribution is 5.78. The Hall–Kier alpha value is -0.610.